The minimum absolute atomic E-state index is 0.0965. The lowest BCUT2D eigenvalue weighted by Gasteiger charge is -2.32. The zero-order valence-corrected chi connectivity index (χ0v) is 13.6. The fourth-order valence-electron chi connectivity index (χ4n) is 3.81. The van der Waals surface area contributed by atoms with Crippen molar-refractivity contribution in [2.24, 2.45) is 0 Å². The minimum atomic E-state index is 0.0965. The van der Waals surface area contributed by atoms with E-state index < -0.39 is 0 Å². The molecule has 0 spiro atoms. The number of benzene rings is 1. The molecule has 4 nitrogen and oxygen atoms in total. The third-order valence-corrected chi connectivity index (χ3v) is 6.37. The Labute approximate surface area is 136 Å². The van der Waals surface area contributed by atoms with Crippen LogP contribution in [0.25, 0.3) is 0 Å². The molecule has 22 heavy (non-hydrogen) atoms. The summed E-state index contributed by atoms with van der Waals surface area (Å²) >= 11 is 1.75. The van der Waals surface area contributed by atoms with Crippen LogP contribution >= 0.6 is 11.8 Å². The maximum atomic E-state index is 12.8. The molecule has 1 amide bonds. The summed E-state index contributed by atoms with van der Waals surface area (Å²) in [6.07, 6.45) is 2.03. The van der Waals surface area contributed by atoms with Crippen molar-refractivity contribution in [2.75, 3.05) is 39.3 Å². The van der Waals surface area contributed by atoms with Gasteiger partial charge in [-0.3, -0.25) is 9.69 Å². The summed E-state index contributed by atoms with van der Waals surface area (Å²) in [6, 6.07) is 9.00. The van der Waals surface area contributed by atoms with Crippen molar-refractivity contribution in [3.05, 3.63) is 29.8 Å². The average Bonchev–Trinajstić information content (AvgIpc) is 3.22. The van der Waals surface area contributed by atoms with Gasteiger partial charge in [0.25, 0.3) is 0 Å². The zero-order chi connectivity index (χ0) is 14.9. The number of fused-ring (bicyclic) bond motifs is 1. The normalized spacial score (nSPS) is 28.8. The van der Waals surface area contributed by atoms with Crippen LogP contribution in [-0.4, -0.2) is 66.3 Å². The molecule has 2 saturated heterocycles. The molecule has 5 heteroatoms. The molecular weight excluding hydrogens is 294 g/mol. The molecule has 0 radical (unpaired) electrons. The molecule has 1 aromatic carbocycles. The number of amides is 1. The first kappa shape index (κ1) is 14.5. The van der Waals surface area contributed by atoms with Crippen molar-refractivity contribution in [1.82, 2.24) is 15.1 Å². The van der Waals surface area contributed by atoms with E-state index in [1.54, 1.807) is 11.8 Å². The Morgan fingerprint density at radius 1 is 1.18 bits per heavy atom. The molecule has 4 rings (SSSR count). The summed E-state index contributed by atoms with van der Waals surface area (Å²) in [7, 11) is 0. The molecule has 2 fully saturated rings. The summed E-state index contributed by atoms with van der Waals surface area (Å²) in [4.78, 5) is 18.8. The van der Waals surface area contributed by atoms with E-state index in [1.807, 2.05) is 0 Å². The summed E-state index contributed by atoms with van der Waals surface area (Å²) < 4.78 is 0. The third kappa shape index (κ3) is 2.77. The summed E-state index contributed by atoms with van der Waals surface area (Å²) in [5, 5.41) is 3.50. The van der Waals surface area contributed by atoms with Gasteiger partial charge in [-0.25, -0.2) is 0 Å². The summed E-state index contributed by atoms with van der Waals surface area (Å²) in [5.74, 6) is 0.346. The number of piperazine rings is 1. The number of carbonyl (C=O) groups excluding carboxylic acids is 1. The third-order valence-electron chi connectivity index (χ3n) is 5.07. The minimum Gasteiger partial charge on any atom is -0.340 e. The van der Waals surface area contributed by atoms with Crippen LogP contribution in [0.2, 0.25) is 0 Å². The first-order chi connectivity index (χ1) is 10.8. The molecule has 0 saturated carbocycles. The fourth-order valence-corrected chi connectivity index (χ4v) is 5.09. The highest BCUT2D eigenvalue weighted by Crippen LogP contribution is 2.38. The van der Waals surface area contributed by atoms with Crippen molar-refractivity contribution in [3.63, 3.8) is 0 Å². The molecule has 0 aliphatic carbocycles. The monoisotopic (exact) mass is 317 g/mol. The van der Waals surface area contributed by atoms with Gasteiger partial charge in [-0.05, 0) is 24.5 Å². The predicted molar refractivity (Wildman–Crippen MR) is 89.2 cm³/mol. The molecule has 2 atom stereocenters. The van der Waals surface area contributed by atoms with Crippen LogP contribution in [0, 0.1) is 0 Å². The van der Waals surface area contributed by atoms with Crippen LogP contribution in [0.5, 0.6) is 0 Å². The van der Waals surface area contributed by atoms with Gasteiger partial charge in [-0.2, -0.15) is 0 Å². The maximum Gasteiger partial charge on any atom is 0.236 e. The molecule has 0 bridgehead atoms. The largest absolute Gasteiger partial charge is 0.340 e. The Kier molecular flexibility index (Phi) is 4.11. The van der Waals surface area contributed by atoms with E-state index in [0.717, 1.165) is 52.1 Å². The number of nitrogens with one attached hydrogen (secondary N) is 1. The topological polar surface area (TPSA) is 35.6 Å². The van der Waals surface area contributed by atoms with E-state index in [2.05, 4.69) is 39.4 Å². The second-order valence-electron chi connectivity index (χ2n) is 6.43. The molecule has 1 N–H and O–H groups in total. The van der Waals surface area contributed by atoms with Crippen LogP contribution in [0.1, 0.15) is 12.0 Å². The Morgan fingerprint density at radius 2 is 2.00 bits per heavy atom. The average molecular weight is 317 g/mol. The number of likely N-dealkylation sites (tertiary alicyclic amines) is 1. The van der Waals surface area contributed by atoms with Crippen molar-refractivity contribution in [3.8, 4) is 0 Å². The fraction of sp³-hybridized carbons (Fsp3) is 0.588. The van der Waals surface area contributed by atoms with E-state index in [1.165, 1.54) is 10.5 Å². The Hall–Kier alpha value is -1.04. The summed E-state index contributed by atoms with van der Waals surface area (Å²) in [6.45, 7) is 6.26. The highest BCUT2D eigenvalue weighted by Gasteiger charge is 2.36. The predicted octanol–water partition coefficient (Wildman–Crippen LogP) is 1.21. The Bertz CT molecular complexity index is 534. The molecule has 3 aliphatic heterocycles. The number of thioether (sulfide) groups is 1. The molecule has 3 aliphatic rings. The smallest absolute Gasteiger partial charge is 0.236 e. The van der Waals surface area contributed by atoms with Gasteiger partial charge in [-0.1, -0.05) is 18.2 Å². The second-order valence-corrected chi connectivity index (χ2v) is 7.68. The Balaban J connectivity index is 1.36. The second kappa shape index (κ2) is 6.22. The molecule has 0 aromatic heterocycles. The van der Waals surface area contributed by atoms with Gasteiger partial charge in [0.15, 0.2) is 0 Å². The van der Waals surface area contributed by atoms with E-state index in [-0.39, 0.29) is 5.25 Å². The zero-order valence-electron chi connectivity index (χ0n) is 12.8. The van der Waals surface area contributed by atoms with Crippen LogP contribution in [0.15, 0.2) is 29.2 Å². The van der Waals surface area contributed by atoms with Gasteiger partial charge in [0.1, 0.15) is 0 Å². The first-order valence-electron chi connectivity index (χ1n) is 8.29. The van der Waals surface area contributed by atoms with Crippen LogP contribution in [-0.2, 0) is 11.2 Å². The van der Waals surface area contributed by atoms with Crippen LogP contribution in [0.3, 0.4) is 0 Å². The number of nitrogens with zero attached hydrogens (tertiary/aromatic N) is 2. The van der Waals surface area contributed by atoms with Gasteiger partial charge in [-0.15, -0.1) is 11.8 Å². The molecular formula is C17H23N3OS. The van der Waals surface area contributed by atoms with Gasteiger partial charge >= 0.3 is 0 Å². The van der Waals surface area contributed by atoms with Crippen molar-refractivity contribution in [1.29, 1.82) is 0 Å². The van der Waals surface area contributed by atoms with Crippen LogP contribution in [0.4, 0.5) is 0 Å². The van der Waals surface area contributed by atoms with Gasteiger partial charge < -0.3 is 10.2 Å². The molecule has 2 unspecified atom stereocenters. The van der Waals surface area contributed by atoms with Crippen molar-refractivity contribution < 1.29 is 4.79 Å². The standard InChI is InChI=1S/C17H23N3OS/c21-17(16-11-13-3-1-2-4-15(13)22-16)20-8-5-14(12-20)19-9-6-18-7-10-19/h1-4,14,16,18H,5-12H2. The van der Waals surface area contributed by atoms with Gasteiger partial charge in [0.05, 0.1) is 5.25 Å². The van der Waals surface area contributed by atoms with Gasteiger partial charge in [0.2, 0.25) is 5.91 Å². The van der Waals surface area contributed by atoms with Gasteiger partial charge in [0, 0.05) is 50.2 Å². The number of rotatable bonds is 2. The first-order valence-corrected chi connectivity index (χ1v) is 9.17. The lowest BCUT2D eigenvalue weighted by atomic mass is 10.1. The number of hydrogen-bond donors (Lipinski definition) is 1. The van der Waals surface area contributed by atoms with Crippen molar-refractivity contribution in [2.45, 2.75) is 29.0 Å². The number of carbonyl (C=O) groups is 1. The van der Waals surface area contributed by atoms with E-state index >= 15 is 0 Å². The highest BCUT2D eigenvalue weighted by atomic mass is 32.2. The Morgan fingerprint density at radius 3 is 2.82 bits per heavy atom. The highest BCUT2D eigenvalue weighted by molar-refractivity contribution is 8.01. The number of hydrogen-bond acceptors (Lipinski definition) is 4. The summed E-state index contributed by atoms with van der Waals surface area (Å²) in [5.41, 5.74) is 1.34. The van der Waals surface area contributed by atoms with E-state index in [4.69, 9.17) is 0 Å². The quantitative estimate of drug-likeness (QED) is 0.889. The van der Waals surface area contributed by atoms with Crippen LogP contribution < -0.4 is 5.32 Å². The molecule has 118 valence electrons. The van der Waals surface area contributed by atoms with E-state index in [0.29, 0.717) is 11.9 Å². The van der Waals surface area contributed by atoms with E-state index in [9.17, 15) is 4.79 Å². The maximum absolute atomic E-state index is 12.8. The lowest BCUT2D eigenvalue weighted by Crippen LogP contribution is -2.49. The SMILES string of the molecule is O=C(C1Cc2ccccc2S1)N1CCC(N2CCNCC2)C1. The molecule has 1 aromatic rings. The van der Waals surface area contributed by atoms with Crippen molar-refractivity contribution >= 4 is 17.7 Å². The molecule has 3 heterocycles. The lowest BCUT2D eigenvalue weighted by molar-refractivity contribution is -0.129.